The van der Waals surface area contributed by atoms with Gasteiger partial charge in [-0.2, -0.15) is 0 Å². The van der Waals surface area contributed by atoms with E-state index in [-0.39, 0.29) is 12.4 Å². The van der Waals surface area contributed by atoms with Crippen LogP contribution in [0, 0.1) is 0 Å². The molecular formula is C11H17Cl2NO. The summed E-state index contributed by atoms with van der Waals surface area (Å²) in [5.74, 6) is 0.804. The summed E-state index contributed by atoms with van der Waals surface area (Å²) in [5, 5.41) is 4.04. The van der Waals surface area contributed by atoms with E-state index in [9.17, 15) is 0 Å². The Hall–Kier alpha value is -0.440. The van der Waals surface area contributed by atoms with E-state index in [1.807, 2.05) is 12.1 Å². The van der Waals surface area contributed by atoms with Crippen LogP contribution in [0.5, 0.6) is 5.75 Å². The van der Waals surface area contributed by atoms with Crippen LogP contribution in [0.2, 0.25) is 5.02 Å². The van der Waals surface area contributed by atoms with Gasteiger partial charge in [0, 0.05) is 17.6 Å². The van der Waals surface area contributed by atoms with Crippen molar-refractivity contribution in [3.63, 3.8) is 0 Å². The lowest BCUT2D eigenvalue weighted by atomic mass is 10.2. The summed E-state index contributed by atoms with van der Waals surface area (Å²) in [6.07, 6.45) is 0. The fourth-order valence-electron chi connectivity index (χ4n) is 1.16. The van der Waals surface area contributed by atoms with E-state index in [1.54, 1.807) is 13.2 Å². The largest absolute Gasteiger partial charge is 0.497 e. The first kappa shape index (κ1) is 14.6. The highest BCUT2D eigenvalue weighted by Crippen LogP contribution is 2.20. The highest BCUT2D eigenvalue weighted by molar-refractivity contribution is 6.30. The van der Waals surface area contributed by atoms with Crippen LogP contribution in [0.15, 0.2) is 18.2 Å². The molecule has 0 aromatic heterocycles. The van der Waals surface area contributed by atoms with E-state index in [2.05, 4.69) is 19.2 Å². The second kappa shape index (κ2) is 6.94. The number of halogens is 2. The minimum atomic E-state index is 0. The average molecular weight is 250 g/mol. The summed E-state index contributed by atoms with van der Waals surface area (Å²) in [4.78, 5) is 0. The van der Waals surface area contributed by atoms with Gasteiger partial charge in [0.1, 0.15) is 5.75 Å². The topological polar surface area (TPSA) is 21.3 Å². The first-order valence-electron chi connectivity index (χ1n) is 4.68. The van der Waals surface area contributed by atoms with E-state index < -0.39 is 0 Å². The first-order chi connectivity index (χ1) is 6.61. The SMILES string of the molecule is COc1cc(Cl)cc(CNC(C)C)c1.Cl. The van der Waals surface area contributed by atoms with Crippen molar-refractivity contribution in [1.82, 2.24) is 5.32 Å². The number of nitrogens with one attached hydrogen (secondary N) is 1. The third kappa shape index (κ3) is 5.26. The van der Waals surface area contributed by atoms with Gasteiger partial charge in [0.15, 0.2) is 0 Å². The summed E-state index contributed by atoms with van der Waals surface area (Å²) in [6.45, 7) is 5.04. The molecule has 0 atom stereocenters. The molecule has 86 valence electrons. The summed E-state index contributed by atoms with van der Waals surface area (Å²) >= 11 is 5.94. The van der Waals surface area contributed by atoms with Crippen LogP contribution < -0.4 is 10.1 Å². The van der Waals surface area contributed by atoms with Crippen molar-refractivity contribution in [2.45, 2.75) is 26.4 Å². The maximum absolute atomic E-state index is 5.94. The maximum Gasteiger partial charge on any atom is 0.120 e. The van der Waals surface area contributed by atoms with Crippen molar-refractivity contribution in [1.29, 1.82) is 0 Å². The predicted molar refractivity (Wildman–Crippen MR) is 67.2 cm³/mol. The lowest BCUT2D eigenvalue weighted by Gasteiger charge is -2.09. The smallest absolute Gasteiger partial charge is 0.120 e. The van der Waals surface area contributed by atoms with Crippen LogP contribution in [0.3, 0.4) is 0 Å². The zero-order chi connectivity index (χ0) is 10.6. The van der Waals surface area contributed by atoms with Gasteiger partial charge in [0.25, 0.3) is 0 Å². The number of hydrogen-bond acceptors (Lipinski definition) is 2. The molecule has 0 bridgehead atoms. The number of rotatable bonds is 4. The molecule has 2 nitrogen and oxygen atoms in total. The van der Waals surface area contributed by atoms with Crippen LogP contribution in [-0.2, 0) is 6.54 Å². The summed E-state index contributed by atoms with van der Waals surface area (Å²) < 4.78 is 5.13. The molecule has 0 radical (unpaired) electrons. The molecule has 0 saturated carbocycles. The molecule has 4 heteroatoms. The molecule has 0 aliphatic heterocycles. The Balaban J connectivity index is 0.00000196. The van der Waals surface area contributed by atoms with Gasteiger partial charge in [-0.05, 0) is 23.8 Å². The Morgan fingerprint density at radius 2 is 2.00 bits per heavy atom. The summed E-state index contributed by atoms with van der Waals surface area (Å²) in [7, 11) is 1.64. The highest BCUT2D eigenvalue weighted by Gasteiger charge is 2.00. The quantitative estimate of drug-likeness (QED) is 0.885. The molecule has 0 unspecified atom stereocenters. The zero-order valence-electron chi connectivity index (χ0n) is 9.21. The fraction of sp³-hybridized carbons (Fsp3) is 0.455. The second-order valence-corrected chi connectivity index (χ2v) is 3.97. The maximum atomic E-state index is 5.94. The molecule has 1 aromatic carbocycles. The summed E-state index contributed by atoms with van der Waals surface area (Å²) in [5.41, 5.74) is 1.14. The van der Waals surface area contributed by atoms with Crippen LogP contribution in [0.25, 0.3) is 0 Å². The second-order valence-electron chi connectivity index (χ2n) is 3.53. The molecule has 0 saturated heterocycles. The molecule has 0 spiro atoms. The van der Waals surface area contributed by atoms with Crippen molar-refractivity contribution in [3.8, 4) is 5.75 Å². The van der Waals surface area contributed by atoms with Gasteiger partial charge in [-0.25, -0.2) is 0 Å². The Morgan fingerprint density at radius 3 is 2.53 bits per heavy atom. The van der Waals surface area contributed by atoms with E-state index in [4.69, 9.17) is 16.3 Å². The van der Waals surface area contributed by atoms with Gasteiger partial charge in [0.05, 0.1) is 7.11 Å². The monoisotopic (exact) mass is 249 g/mol. The minimum Gasteiger partial charge on any atom is -0.497 e. The number of benzene rings is 1. The van der Waals surface area contributed by atoms with Crippen molar-refractivity contribution in [2.75, 3.05) is 7.11 Å². The van der Waals surface area contributed by atoms with Crippen LogP contribution in [0.4, 0.5) is 0 Å². The van der Waals surface area contributed by atoms with Crippen molar-refractivity contribution >= 4 is 24.0 Å². The third-order valence-electron chi connectivity index (χ3n) is 1.88. The van der Waals surface area contributed by atoms with Crippen molar-refractivity contribution in [3.05, 3.63) is 28.8 Å². The number of ether oxygens (including phenoxy) is 1. The molecule has 1 rings (SSSR count). The molecule has 0 fully saturated rings. The Labute approximate surface area is 102 Å². The van der Waals surface area contributed by atoms with Crippen LogP contribution >= 0.6 is 24.0 Å². The molecule has 1 N–H and O–H groups in total. The van der Waals surface area contributed by atoms with E-state index in [1.165, 1.54) is 0 Å². The van der Waals surface area contributed by atoms with Gasteiger partial charge in [-0.3, -0.25) is 0 Å². The zero-order valence-corrected chi connectivity index (χ0v) is 10.8. The molecular weight excluding hydrogens is 233 g/mol. The van der Waals surface area contributed by atoms with Gasteiger partial charge in [0.2, 0.25) is 0 Å². The predicted octanol–water partition coefficient (Wildman–Crippen LogP) is 3.27. The van der Waals surface area contributed by atoms with Gasteiger partial charge >= 0.3 is 0 Å². The highest BCUT2D eigenvalue weighted by atomic mass is 35.5. The van der Waals surface area contributed by atoms with Gasteiger partial charge in [-0.1, -0.05) is 25.4 Å². The van der Waals surface area contributed by atoms with Gasteiger partial charge in [-0.15, -0.1) is 12.4 Å². The Morgan fingerprint density at radius 1 is 1.33 bits per heavy atom. The third-order valence-corrected chi connectivity index (χ3v) is 2.10. The minimum absolute atomic E-state index is 0. The molecule has 15 heavy (non-hydrogen) atoms. The number of methoxy groups -OCH3 is 1. The van der Waals surface area contributed by atoms with E-state index >= 15 is 0 Å². The molecule has 0 aliphatic rings. The lowest BCUT2D eigenvalue weighted by Crippen LogP contribution is -2.21. The molecule has 0 heterocycles. The molecule has 0 amide bonds. The molecule has 1 aromatic rings. The van der Waals surface area contributed by atoms with E-state index in [0.29, 0.717) is 11.1 Å². The van der Waals surface area contributed by atoms with E-state index in [0.717, 1.165) is 17.9 Å². The first-order valence-corrected chi connectivity index (χ1v) is 5.06. The normalized spacial score (nSPS) is 9.93. The lowest BCUT2D eigenvalue weighted by molar-refractivity contribution is 0.414. The van der Waals surface area contributed by atoms with Gasteiger partial charge < -0.3 is 10.1 Å². The standard InChI is InChI=1S/C11H16ClNO.ClH/c1-8(2)13-7-9-4-10(12)6-11(5-9)14-3;/h4-6,8,13H,7H2,1-3H3;1H. The van der Waals surface area contributed by atoms with Crippen LogP contribution in [0.1, 0.15) is 19.4 Å². The Kier molecular flexibility index (Phi) is 6.73. The van der Waals surface area contributed by atoms with Crippen molar-refractivity contribution < 1.29 is 4.74 Å². The van der Waals surface area contributed by atoms with Crippen molar-refractivity contribution in [2.24, 2.45) is 0 Å². The molecule has 0 aliphatic carbocycles. The van der Waals surface area contributed by atoms with Crippen LogP contribution in [-0.4, -0.2) is 13.2 Å². The Bertz CT molecular complexity index is 303. The number of hydrogen-bond donors (Lipinski definition) is 1. The fourth-order valence-corrected chi connectivity index (χ4v) is 1.41. The average Bonchev–Trinajstić information content (AvgIpc) is 2.14. The summed E-state index contributed by atoms with van der Waals surface area (Å²) in [6, 6.07) is 6.21.